The number of aryl methyl sites for hydroxylation is 1. The van der Waals surface area contributed by atoms with E-state index in [1.807, 2.05) is 13.0 Å². The third-order valence-electron chi connectivity index (χ3n) is 2.58. The van der Waals surface area contributed by atoms with Crippen molar-refractivity contribution in [1.82, 2.24) is 0 Å². The first-order valence-electron chi connectivity index (χ1n) is 4.48. The number of halogens is 1. The lowest BCUT2D eigenvalue weighted by molar-refractivity contribution is 0.0859. The molecule has 0 saturated heterocycles. The first-order valence-corrected chi connectivity index (χ1v) is 5.68. The zero-order valence-electron chi connectivity index (χ0n) is 7.47. The highest BCUT2D eigenvalue weighted by molar-refractivity contribution is 7.18. The smallest absolute Gasteiger partial charge is 0.175 e. The third-order valence-corrected chi connectivity index (χ3v) is 4.15. The zero-order valence-corrected chi connectivity index (χ0v) is 9.04. The second-order valence-electron chi connectivity index (χ2n) is 3.56. The molecule has 1 aliphatic rings. The van der Waals surface area contributed by atoms with Gasteiger partial charge in [-0.2, -0.15) is 0 Å². The van der Waals surface area contributed by atoms with Gasteiger partial charge in [-0.15, -0.1) is 11.3 Å². The van der Waals surface area contributed by atoms with Crippen molar-refractivity contribution < 1.29 is 4.79 Å². The number of hydrogen-bond acceptors (Lipinski definition) is 2. The van der Waals surface area contributed by atoms with Crippen molar-refractivity contribution in [3.8, 4) is 0 Å². The Balaban J connectivity index is 2.19. The summed E-state index contributed by atoms with van der Waals surface area (Å²) in [5, 5.41) is 0. The van der Waals surface area contributed by atoms with Crippen molar-refractivity contribution in [2.45, 2.75) is 26.2 Å². The topological polar surface area (TPSA) is 17.1 Å². The van der Waals surface area contributed by atoms with Gasteiger partial charge in [0.25, 0.3) is 0 Å². The van der Waals surface area contributed by atoms with Crippen LogP contribution in [0.25, 0.3) is 0 Å². The minimum absolute atomic E-state index is 0.286. The highest BCUT2D eigenvalue weighted by Crippen LogP contribution is 2.34. The Morgan fingerprint density at radius 3 is 2.69 bits per heavy atom. The Hall–Kier alpha value is -0.340. The van der Waals surface area contributed by atoms with Crippen LogP contribution in [0.5, 0.6) is 0 Å². The second-order valence-corrected chi connectivity index (χ2v) is 5.21. The van der Waals surface area contributed by atoms with Gasteiger partial charge in [0.1, 0.15) is 0 Å². The van der Waals surface area contributed by atoms with Gasteiger partial charge in [-0.3, -0.25) is 4.79 Å². The maximum atomic E-state index is 11.7. The highest BCUT2D eigenvalue weighted by atomic mass is 35.5. The third kappa shape index (κ3) is 1.65. The fourth-order valence-electron chi connectivity index (χ4n) is 1.45. The molecule has 0 bridgehead atoms. The highest BCUT2D eigenvalue weighted by Gasteiger charge is 2.27. The van der Waals surface area contributed by atoms with Crippen LogP contribution in [0.2, 0.25) is 4.34 Å². The van der Waals surface area contributed by atoms with E-state index >= 15 is 0 Å². The monoisotopic (exact) mass is 214 g/mol. The lowest BCUT2D eigenvalue weighted by Gasteiger charge is -2.22. The number of Topliss-reactive ketones (excluding diaryl/α,β-unsaturated/α-hetero) is 1. The van der Waals surface area contributed by atoms with Crippen LogP contribution >= 0.6 is 22.9 Å². The molecule has 2 rings (SSSR count). The molecule has 1 aromatic heterocycles. The Bertz CT molecular complexity index is 319. The van der Waals surface area contributed by atoms with Gasteiger partial charge in [0.05, 0.1) is 9.21 Å². The van der Waals surface area contributed by atoms with Gasteiger partial charge >= 0.3 is 0 Å². The number of rotatable bonds is 2. The summed E-state index contributed by atoms with van der Waals surface area (Å²) in [6, 6.07) is 1.91. The van der Waals surface area contributed by atoms with Crippen molar-refractivity contribution in [3.05, 3.63) is 20.8 Å². The minimum atomic E-state index is 0.286. The van der Waals surface area contributed by atoms with Gasteiger partial charge in [-0.1, -0.05) is 18.0 Å². The van der Waals surface area contributed by atoms with Gasteiger partial charge in [0, 0.05) is 5.92 Å². The lowest BCUT2D eigenvalue weighted by Crippen LogP contribution is -2.20. The Kier molecular flexibility index (Phi) is 2.43. The van der Waals surface area contributed by atoms with E-state index in [-0.39, 0.29) is 5.92 Å². The summed E-state index contributed by atoms with van der Waals surface area (Å²) in [6.07, 6.45) is 3.33. The Morgan fingerprint density at radius 2 is 2.31 bits per heavy atom. The SMILES string of the molecule is Cc1cc(C(=O)C2CCC2)sc1Cl. The van der Waals surface area contributed by atoms with E-state index in [1.54, 1.807) is 0 Å². The van der Waals surface area contributed by atoms with Crippen LogP contribution in [0.1, 0.15) is 34.5 Å². The first-order chi connectivity index (χ1) is 6.18. The van der Waals surface area contributed by atoms with Crippen LogP contribution in [0.4, 0.5) is 0 Å². The molecule has 13 heavy (non-hydrogen) atoms. The molecule has 1 saturated carbocycles. The summed E-state index contributed by atoms with van der Waals surface area (Å²) in [6.45, 7) is 1.94. The van der Waals surface area contributed by atoms with Crippen LogP contribution < -0.4 is 0 Å². The number of thiophene rings is 1. The molecule has 1 aliphatic carbocycles. The summed E-state index contributed by atoms with van der Waals surface area (Å²) in [7, 11) is 0. The van der Waals surface area contributed by atoms with Gasteiger partial charge in [-0.05, 0) is 31.4 Å². The zero-order chi connectivity index (χ0) is 9.42. The molecule has 0 aliphatic heterocycles. The molecule has 0 atom stereocenters. The average molecular weight is 215 g/mol. The van der Waals surface area contributed by atoms with Crippen molar-refractivity contribution in [2.75, 3.05) is 0 Å². The Labute approximate surface area is 86.7 Å². The number of ketones is 1. The fourth-order valence-corrected chi connectivity index (χ4v) is 2.67. The molecule has 0 aromatic carbocycles. The summed E-state index contributed by atoms with van der Waals surface area (Å²) in [5.74, 6) is 0.584. The molecule has 3 heteroatoms. The van der Waals surface area contributed by atoms with Crippen molar-refractivity contribution in [1.29, 1.82) is 0 Å². The molecule has 70 valence electrons. The van der Waals surface area contributed by atoms with E-state index in [2.05, 4.69) is 0 Å². The van der Waals surface area contributed by atoms with Crippen LogP contribution in [-0.2, 0) is 0 Å². The molecule has 1 aromatic rings. The Morgan fingerprint density at radius 1 is 1.62 bits per heavy atom. The molecule has 0 unspecified atom stereocenters. The normalized spacial score (nSPS) is 17.1. The molecule has 0 amide bonds. The average Bonchev–Trinajstić information content (AvgIpc) is 2.28. The van der Waals surface area contributed by atoms with Crippen molar-refractivity contribution in [3.63, 3.8) is 0 Å². The van der Waals surface area contributed by atoms with Gasteiger partial charge in [0.2, 0.25) is 0 Å². The maximum absolute atomic E-state index is 11.7. The maximum Gasteiger partial charge on any atom is 0.175 e. The van der Waals surface area contributed by atoms with E-state index in [9.17, 15) is 4.79 Å². The van der Waals surface area contributed by atoms with Crippen LogP contribution in [0.15, 0.2) is 6.07 Å². The summed E-state index contributed by atoms with van der Waals surface area (Å²) < 4.78 is 0.752. The number of carbonyl (C=O) groups is 1. The van der Waals surface area contributed by atoms with Gasteiger partial charge in [-0.25, -0.2) is 0 Å². The summed E-state index contributed by atoms with van der Waals surface area (Å²) >= 11 is 7.32. The van der Waals surface area contributed by atoms with Gasteiger partial charge < -0.3 is 0 Å². The molecular weight excluding hydrogens is 204 g/mol. The van der Waals surface area contributed by atoms with Crippen molar-refractivity contribution >= 4 is 28.7 Å². The quantitative estimate of drug-likeness (QED) is 0.687. The number of carbonyl (C=O) groups excluding carboxylic acids is 1. The predicted octanol–water partition coefficient (Wildman–Crippen LogP) is 3.69. The van der Waals surface area contributed by atoms with Crippen LogP contribution in [0.3, 0.4) is 0 Å². The lowest BCUT2D eigenvalue weighted by atomic mass is 9.82. The summed E-state index contributed by atoms with van der Waals surface area (Å²) in [4.78, 5) is 12.6. The van der Waals surface area contributed by atoms with E-state index in [0.717, 1.165) is 27.6 Å². The molecular formula is C10H11ClOS. The molecule has 1 fully saturated rings. The molecule has 1 nitrogen and oxygen atoms in total. The van der Waals surface area contributed by atoms with Gasteiger partial charge in [0.15, 0.2) is 5.78 Å². The molecule has 0 N–H and O–H groups in total. The largest absolute Gasteiger partial charge is 0.293 e. The van der Waals surface area contributed by atoms with E-state index < -0.39 is 0 Å². The van der Waals surface area contributed by atoms with E-state index in [1.165, 1.54) is 17.8 Å². The van der Waals surface area contributed by atoms with E-state index in [0.29, 0.717) is 5.78 Å². The van der Waals surface area contributed by atoms with E-state index in [4.69, 9.17) is 11.6 Å². The van der Waals surface area contributed by atoms with Crippen LogP contribution in [-0.4, -0.2) is 5.78 Å². The predicted molar refractivity (Wildman–Crippen MR) is 55.7 cm³/mol. The molecule has 0 spiro atoms. The first kappa shape index (κ1) is 9.22. The summed E-state index contributed by atoms with van der Waals surface area (Å²) in [5.41, 5.74) is 1.02. The standard InChI is InChI=1S/C10H11ClOS/c1-6-5-8(13-10(6)11)9(12)7-3-2-4-7/h5,7H,2-4H2,1H3. The molecule has 0 radical (unpaired) electrons. The minimum Gasteiger partial charge on any atom is -0.293 e. The molecule has 1 heterocycles. The van der Waals surface area contributed by atoms with Crippen LogP contribution in [0, 0.1) is 12.8 Å². The van der Waals surface area contributed by atoms with Crippen molar-refractivity contribution in [2.24, 2.45) is 5.92 Å². The number of hydrogen-bond donors (Lipinski definition) is 0. The fraction of sp³-hybridized carbons (Fsp3) is 0.500. The second kappa shape index (κ2) is 3.43.